The fourth-order valence-electron chi connectivity index (χ4n) is 2.11. The van der Waals surface area contributed by atoms with Gasteiger partial charge in [-0.3, -0.25) is 9.59 Å². The topological polar surface area (TPSA) is 70.2 Å². The third kappa shape index (κ3) is 3.26. The van der Waals surface area contributed by atoms with Crippen molar-refractivity contribution >= 4 is 11.6 Å². The van der Waals surface area contributed by atoms with Crippen molar-refractivity contribution in [1.29, 1.82) is 0 Å². The summed E-state index contributed by atoms with van der Waals surface area (Å²) in [6.07, 6.45) is 0. The summed E-state index contributed by atoms with van der Waals surface area (Å²) in [5.74, 6) is -0.639. The number of Topliss-reactive ketones (excluding diaryl/α,β-unsaturated/α-hetero) is 2. The highest BCUT2D eigenvalue weighted by atomic mass is 16.2. The molecule has 0 bridgehead atoms. The zero-order chi connectivity index (χ0) is 13.7. The molecule has 0 spiro atoms. The Kier molecular flexibility index (Phi) is 4.79. The van der Waals surface area contributed by atoms with Crippen LogP contribution in [-0.2, 0) is 16.1 Å². The van der Waals surface area contributed by atoms with Crippen LogP contribution in [0.1, 0.15) is 5.56 Å². The second-order valence-corrected chi connectivity index (χ2v) is 4.61. The average molecular weight is 261 g/mol. The van der Waals surface area contributed by atoms with Crippen LogP contribution in [0, 0.1) is 0 Å². The van der Waals surface area contributed by atoms with E-state index in [0.29, 0.717) is 13.1 Å². The third-order valence-electron chi connectivity index (χ3n) is 3.25. The van der Waals surface area contributed by atoms with Gasteiger partial charge in [0.2, 0.25) is 11.6 Å². The van der Waals surface area contributed by atoms with Gasteiger partial charge >= 0.3 is 0 Å². The van der Waals surface area contributed by atoms with Gasteiger partial charge in [-0.15, -0.1) is 0 Å². The van der Waals surface area contributed by atoms with Gasteiger partial charge < -0.3 is 16.0 Å². The Morgan fingerprint density at radius 1 is 0.947 bits per heavy atom. The van der Waals surface area contributed by atoms with Gasteiger partial charge in [-0.05, 0) is 12.6 Å². The van der Waals surface area contributed by atoms with Gasteiger partial charge in [0.25, 0.3) is 0 Å². The van der Waals surface area contributed by atoms with Crippen molar-refractivity contribution in [3.63, 3.8) is 0 Å². The minimum Gasteiger partial charge on any atom is -0.318 e. The molecule has 1 fully saturated rings. The van der Waals surface area contributed by atoms with Crippen LogP contribution in [0.3, 0.4) is 0 Å². The Labute approximate surface area is 112 Å². The fourth-order valence-corrected chi connectivity index (χ4v) is 2.11. The Hall–Kier alpha value is -1.56. The lowest BCUT2D eigenvalue weighted by molar-refractivity contribution is -0.147. The first-order valence-electron chi connectivity index (χ1n) is 6.47. The van der Waals surface area contributed by atoms with Crippen LogP contribution in [0.4, 0.5) is 0 Å². The van der Waals surface area contributed by atoms with E-state index >= 15 is 0 Å². The molecule has 0 heterocycles. The first-order chi connectivity index (χ1) is 9.24. The molecule has 2 unspecified atom stereocenters. The minimum absolute atomic E-state index is 0.318. The Bertz CT molecular complexity index is 447. The number of hydrogen-bond donors (Lipinski definition) is 3. The quantitative estimate of drug-likeness (QED) is 0.455. The van der Waals surface area contributed by atoms with Crippen molar-refractivity contribution in [3.05, 3.63) is 35.9 Å². The number of likely N-dealkylation sites (N-methyl/N-ethyl adjacent to an activating group) is 1. The summed E-state index contributed by atoms with van der Waals surface area (Å²) in [5, 5.41) is 9.22. The van der Waals surface area contributed by atoms with E-state index in [1.165, 1.54) is 0 Å². The van der Waals surface area contributed by atoms with Crippen LogP contribution in [0.25, 0.3) is 0 Å². The smallest absolute Gasteiger partial charge is 0.219 e. The van der Waals surface area contributed by atoms with E-state index in [4.69, 9.17) is 0 Å². The molecule has 5 heteroatoms. The van der Waals surface area contributed by atoms with Gasteiger partial charge in [0.1, 0.15) is 0 Å². The third-order valence-corrected chi connectivity index (χ3v) is 3.25. The molecule has 0 aliphatic heterocycles. The van der Waals surface area contributed by atoms with Crippen molar-refractivity contribution in [1.82, 2.24) is 16.0 Å². The summed E-state index contributed by atoms with van der Waals surface area (Å²) in [4.78, 5) is 23.1. The molecular weight excluding hydrogens is 242 g/mol. The number of nitrogens with one attached hydrogen (secondary N) is 3. The van der Waals surface area contributed by atoms with Crippen LogP contribution in [-0.4, -0.2) is 43.8 Å². The molecule has 19 heavy (non-hydrogen) atoms. The highest BCUT2D eigenvalue weighted by molar-refractivity contribution is 6.49. The molecule has 3 N–H and O–H groups in total. The van der Waals surface area contributed by atoms with Gasteiger partial charge in [-0.2, -0.15) is 0 Å². The zero-order valence-electron chi connectivity index (χ0n) is 11.0. The molecule has 1 aromatic rings. The van der Waals surface area contributed by atoms with Crippen LogP contribution < -0.4 is 16.0 Å². The summed E-state index contributed by atoms with van der Waals surface area (Å²) >= 11 is 0. The van der Waals surface area contributed by atoms with Crippen molar-refractivity contribution in [2.24, 2.45) is 0 Å². The summed E-state index contributed by atoms with van der Waals surface area (Å²) in [5.41, 5.74) is 1.10. The molecule has 1 aromatic carbocycles. The molecule has 2 atom stereocenters. The van der Waals surface area contributed by atoms with Gasteiger partial charge in [0.05, 0.1) is 12.1 Å². The van der Waals surface area contributed by atoms with Crippen LogP contribution in [0.5, 0.6) is 0 Å². The SMILES string of the molecule is CNCCNC1C(=O)C(=O)C1NCc1ccccc1. The lowest BCUT2D eigenvalue weighted by Gasteiger charge is -2.34. The van der Waals surface area contributed by atoms with Crippen molar-refractivity contribution < 1.29 is 9.59 Å². The van der Waals surface area contributed by atoms with E-state index in [-0.39, 0.29) is 17.6 Å². The molecule has 5 nitrogen and oxygen atoms in total. The van der Waals surface area contributed by atoms with Crippen molar-refractivity contribution in [3.8, 4) is 0 Å². The summed E-state index contributed by atoms with van der Waals surface area (Å²) < 4.78 is 0. The standard InChI is InChI=1S/C14H19N3O2/c1-15-7-8-16-11-12(14(19)13(11)18)17-9-10-5-3-2-4-6-10/h2-6,11-12,15-17H,7-9H2,1H3. The first-order valence-corrected chi connectivity index (χ1v) is 6.47. The number of carbonyl (C=O) groups is 2. The first kappa shape index (κ1) is 13.9. The molecule has 0 aromatic heterocycles. The maximum atomic E-state index is 11.6. The Balaban J connectivity index is 1.84. The number of rotatable bonds is 7. The fraction of sp³-hybridized carbons (Fsp3) is 0.429. The van der Waals surface area contributed by atoms with Gasteiger partial charge in [0.15, 0.2) is 0 Å². The molecular formula is C14H19N3O2. The van der Waals surface area contributed by atoms with Gasteiger partial charge in [0, 0.05) is 19.6 Å². The lowest BCUT2D eigenvalue weighted by atomic mass is 9.83. The lowest BCUT2D eigenvalue weighted by Crippen LogP contribution is -2.69. The highest BCUT2D eigenvalue weighted by Crippen LogP contribution is 2.12. The van der Waals surface area contributed by atoms with Crippen molar-refractivity contribution in [2.75, 3.05) is 20.1 Å². The minimum atomic E-state index is -0.399. The van der Waals surface area contributed by atoms with Gasteiger partial charge in [-0.1, -0.05) is 30.3 Å². The largest absolute Gasteiger partial charge is 0.318 e. The second kappa shape index (κ2) is 6.56. The molecule has 0 saturated heterocycles. The average Bonchev–Trinajstić information content (AvgIpc) is 2.46. The molecule has 1 saturated carbocycles. The van der Waals surface area contributed by atoms with E-state index in [9.17, 15) is 9.59 Å². The summed E-state index contributed by atoms with van der Waals surface area (Å²) in [7, 11) is 1.85. The van der Waals surface area contributed by atoms with E-state index in [1.54, 1.807) is 0 Å². The van der Waals surface area contributed by atoms with Crippen LogP contribution in [0.15, 0.2) is 30.3 Å². The molecule has 0 amide bonds. The monoisotopic (exact) mass is 261 g/mol. The number of ketones is 2. The number of benzene rings is 1. The molecule has 2 rings (SSSR count). The van der Waals surface area contributed by atoms with Crippen LogP contribution >= 0.6 is 0 Å². The predicted molar refractivity (Wildman–Crippen MR) is 72.8 cm³/mol. The normalized spacial score (nSPS) is 22.4. The number of hydrogen-bond acceptors (Lipinski definition) is 5. The van der Waals surface area contributed by atoms with E-state index < -0.39 is 6.04 Å². The maximum Gasteiger partial charge on any atom is 0.219 e. The predicted octanol–water partition coefficient (Wildman–Crippen LogP) is -0.526. The summed E-state index contributed by atoms with van der Waals surface area (Å²) in [6.45, 7) is 2.03. The van der Waals surface area contributed by atoms with Crippen molar-refractivity contribution in [2.45, 2.75) is 18.6 Å². The zero-order valence-corrected chi connectivity index (χ0v) is 11.0. The number of carbonyl (C=O) groups excluding carboxylic acids is 2. The summed E-state index contributed by atoms with van der Waals surface area (Å²) in [6, 6.07) is 9.04. The molecule has 0 radical (unpaired) electrons. The Morgan fingerprint density at radius 3 is 2.21 bits per heavy atom. The van der Waals surface area contributed by atoms with Crippen LogP contribution in [0.2, 0.25) is 0 Å². The van der Waals surface area contributed by atoms with E-state index in [2.05, 4.69) is 16.0 Å². The van der Waals surface area contributed by atoms with Gasteiger partial charge in [-0.25, -0.2) is 0 Å². The highest BCUT2D eigenvalue weighted by Gasteiger charge is 2.48. The maximum absolute atomic E-state index is 11.6. The van der Waals surface area contributed by atoms with E-state index in [0.717, 1.165) is 12.1 Å². The second-order valence-electron chi connectivity index (χ2n) is 4.61. The molecule has 1 aliphatic carbocycles. The molecule has 1 aliphatic rings. The molecule has 102 valence electrons. The van der Waals surface area contributed by atoms with E-state index in [1.807, 2.05) is 37.4 Å². The Morgan fingerprint density at radius 2 is 1.58 bits per heavy atom.